The first-order chi connectivity index (χ1) is 16.9. The molecule has 0 atom stereocenters. The summed E-state index contributed by atoms with van der Waals surface area (Å²) in [4.78, 5) is 17.7. The number of thiazole rings is 1. The molecule has 0 unspecified atom stereocenters. The first-order valence-electron chi connectivity index (χ1n) is 10.3. The van der Waals surface area contributed by atoms with Crippen LogP contribution >= 0.6 is 11.3 Å². The first kappa shape index (κ1) is 24.1. The minimum atomic E-state index is -3.73. The lowest BCUT2D eigenvalue weighted by molar-refractivity contribution is 0.0998. The fourth-order valence-electron chi connectivity index (χ4n) is 3.37. The minimum absolute atomic E-state index is 0.145. The molecule has 4 aromatic rings. The zero-order valence-electron chi connectivity index (χ0n) is 18.9. The lowest BCUT2D eigenvalue weighted by Crippen LogP contribution is -2.16. The Hall–Kier alpha value is -4.07. The average molecular weight is 508 g/mol. The van der Waals surface area contributed by atoms with Gasteiger partial charge in [-0.3, -0.25) is 9.52 Å². The van der Waals surface area contributed by atoms with Gasteiger partial charge in [-0.15, -0.1) is 6.42 Å². The van der Waals surface area contributed by atoms with E-state index >= 15 is 0 Å². The van der Waals surface area contributed by atoms with E-state index in [1.54, 1.807) is 43.1 Å². The molecule has 8 nitrogen and oxygen atoms in total. The van der Waals surface area contributed by atoms with Gasteiger partial charge in [-0.1, -0.05) is 35.5 Å². The SMILES string of the molecule is C#CCn1c(=NC(=O)c2ccc(NS(=O)(=O)c3ccccc3)cc2)sc2cc(OC)c(OC)cc21. The van der Waals surface area contributed by atoms with Gasteiger partial charge < -0.3 is 14.0 Å². The van der Waals surface area contributed by atoms with Crippen LogP contribution in [0.2, 0.25) is 0 Å². The number of benzene rings is 3. The summed E-state index contributed by atoms with van der Waals surface area (Å²) in [6.45, 7) is 0.210. The Kier molecular flexibility index (Phi) is 6.91. The zero-order valence-corrected chi connectivity index (χ0v) is 20.5. The van der Waals surface area contributed by atoms with Crippen LogP contribution in [0, 0.1) is 12.3 Å². The molecule has 10 heteroatoms. The molecule has 0 bridgehead atoms. The lowest BCUT2D eigenvalue weighted by atomic mass is 10.2. The normalized spacial score (nSPS) is 11.7. The summed E-state index contributed by atoms with van der Waals surface area (Å²) in [7, 11) is -0.644. The first-order valence-corrected chi connectivity index (χ1v) is 12.6. The summed E-state index contributed by atoms with van der Waals surface area (Å²) in [5, 5.41) is 0. The predicted octanol–water partition coefficient (Wildman–Crippen LogP) is 3.90. The average Bonchev–Trinajstić information content (AvgIpc) is 3.19. The van der Waals surface area contributed by atoms with Crippen molar-refractivity contribution in [1.82, 2.24) is 4.57 Å². The van der Waals surface area contributed by atoms with Crippen molar-refractivity contribution in [2.75, 3.05) is 18.9 Å². The largest absolute Gasteiger partial charge is 0.493 e. The lowest BCUT2D eigenvalue weighted by Gasteiger charge is -2.08. The van der Waals surface area contributed by atoms with Gasteiger partial charge >= 0.3 is 0 Å². The van der Waals surface area contributed by atoms with Crippen LogP contribution in [0.3, 0.4) is 0 Å². The monoisotopic (exact) mass is 507 g/mol. The molecule has 0 aliphatic heterocycles. The molecule has 1 N–H and O–H groups in total. The third-order valence-corrected chi connectivity index (χ3v) is 7.51. The van der Waals surface area contributed by atoms with E-state index in [1.165, 1.54) is 47.7 Å². The third-order valence-electron chi connectivity index (χ3n) is 5.07. The highest BCUT2D eigenvalue weighted by Crippen LogP contribution is 2.33. The molecule has 1 aromatic heterocycles. The highest BCUT2D eigenvalue weighted by atomic mass is 32.2. The fourth-order valence-corrected chi connectivity index (χ4v) is 5.49. The van der Waals surface area contributed by atoms with Crippen LogP contribution in [0.25, 0.3) is 10.2 Å². The number of carbonyl (C=O) groups excluding carboxylic acids is 1. The Morgan fingerprint density at radius 3 is 2.34 bits per heavy atom. The van der Waals surface area contributed by atoms with Crippen molar-refractivity contribution < 1.29 is 22.7 Å². The van der Waals surface area contributed by atoms with Crippen molar-refractivity contribution in [3.8, 4) is 23.8 Å². The number of hydrogen-bond acceptors (Lipinski definition) is 6. The van der Waals surface area contributed by atoms with Crippen molar-refractivity contribution in [2.45, 2.75) is 11.4 Å². The summed E-state index contributed by atoms with van der Waals surface area (Å²) in [5.41, 5.74) is 1.39. The summed E-state index contributed by atoms with van der Waals surface area (Å²) >= 11 is 1.30. The summed E-state index contributed by atoms with van der Waals surface area (Å²) in [6.07, 6.45) is 5.55. The Balaban J connectivity index is 1.65. The maximum absolute atomic E-state index is 12.9. The third kappa shape index (κ3) is 5.06. The molecular formula is C25H21N3O5S2. The predicted molar refractivity (Wildman–Crippen MR) is 135 cm³/mol. The molecular weight excluding hydrogens is 486 g/mol. The fraction of sp³-hybridized carbons (Fsp3) is 0.120. The van der Waals surface area contributed by atoms with E-state index in [1.807, 2.05) is 6.07 Å². The second kappa shape index (κ2) is 10.0. The maximum atomic E-state index is 12.9. The van der Waals surface area contributed by atoms with Crippen molar-refractivity contribution in [1.29, 1.82) is 0 Å². The number of carbonyl (C=O) groups is 1. The minimum Gasteiger partial charge on any atom is -0.493 e. The van der Waals surface area contributed by atoms with Gasteiger partial charge in [0.15, 0.2) is 16.3 Å². The number of aromatic nitrogens is 1. The Labute approximate surface area is 206 Å². The summed E-state index contributed by atoms with van der Waals surface area (Å²) < 4.78 is 40.8. The maximum Gasteiger partial charge on any atom is 0.279 e. The van der Waals surface area contributed by atoms with Crippen molar-refractivity contribution in [2.24, 2.45) is 4.99 Å². The van der Waals surface area contributed by atoms with Gasteiger partial charge in [0.2, 0.25) is 0 Å². The molecule has 0 fully saturated rings. The van der Waals surface area contributed by atoms with E-state index in [0.717, 1.165) is 10.2 Å². The van der Waals surface area contributed by atoms with E-state index in [-0.39, 0.29) is 11.4 Å². The number of nitrogens with zero attached hydrogens (tertiary/aromatic N) is 2. The quantitative estimate of drug-likeness (QED) is 0.383. The molecule has 1 amide bonds. The van der Waals surface area contributed by atoms with Crippen molar-refractivity contribution in [3.05, 3.63) is 77.1 Å². The molecule has 3 aromatic carbocycles. The molecule has 4 rings (SSSR count). The number of ether oxygens (including phenoxy) is 2. The van der Waals surface area contributed by atoms with Gasteiger partial charge in [-0.25, -0.2) is 8.42 Å². The highest BCUT2D eigenvalue weighted by Gasteiger charge is 2.15. The second-order valence-corrected chi connectivity index (χ2v) is 9.95. The molecule has 0 aliphatic rings. The van der Waals surface area contributed by atoms with E-state index in [2.05, 4.69) is 15.6 Å². The second-order valence-electron chi connectivity index (χ2n) is 7.26. The van der Waals surface area contributed by atoms with E-state index in [4.69, 9.17) is 15.9 Å². The van der Waals surface area contributed by atoms with Crippen molar-refractivity contribution in [3.63, 3.8) is 0 Å². The van der Waals surface area contributed by atoms with Gasteiger partial charge in [0.1, 0.15) is 0 Å². The van der Waals surface area contributed by atoms with Crippen LogP contribution in [-0.2, 0) is 16.6 Å². The van der Waals surface area contributed by atoms with E-state index in [9.17, 15) is 13.2 Å². The van der Waals surface area contributed by atoms with Gasteiger partial charge in [0.05, 0.1) is 35.9 Å². The number of sulfonamides is 1. The topological polar surface area (TPSA) is 99.0 Å². The number of terminal acetylenes is 1. The number of hydrogen-bond donors (Lipinski definition) is 1. The van der Waals surface area contributed by atoms with Crippen molar-refractivity contribution >= 4 is 43.2 Å². The Morgan fingerprint density at radius 1 is 1.06 bits per heavy atom. The van der Waals surface area contributed by atoms with Crippen LogP contribution in [0.4, 0.5) is 5.69 Å². The van der Waals surface area contributed by atoms with Crippen LogP contribution in [0.5, 0.6) is 11.5 Å². The molecule has 0 aliphatic carbocycles. The van der Waals surface area contributed by atoms with Gasteiger partial charge in [-0.2, -0.15) is 4.99 Å². The highest BCUT2D eigenvalue weighted by molar-refractivity contribution is 7.92. The molecule has 35 heavy (non-hydrogen) atoms. The number of anilines is 1. The van der Waals surface area contributed by atoms with Gasteiger partial charge in [0, 0.05) is 23.4 Å². The van der Waals surface area contributed by atoms with E-state index in [0.29, 0.717) is 27.6 Å². The number of fused-ring (bicyclic) bond motifs is 1. The molecule has 0 radical (unpaired) electrons. The summed E-state index contributed by atoms with van der Waals surface area (Å²) in [6, 6.07) is 17.7. The number of rotatable bonds is 7. The van der Waals surface area contributed by atoms with Crippen LogP contribution in [-0.4, -0.2) is 33.1 Å². The summed E-state index contributed by atoms with van der Waals surface area (Å²) in [5.74, 6) is 3.19. The van der Waals surface area contributed by atoms with Crippen LogP contribution in [0.1, 0.15) is 10.4 Å². The van der Waals surface area contributed by atoms with Crippen LogP contribution in [0.15, 0.2) is 76.6 Å². The van der Waals surface area contributed by atoms with E-state index < -0.39 is 15.9 Å². The molecule has 0 saturated heterocycles. The number of amides is 1. The molecule has 0 spiro atoms. The van der Waals surface area contributed by atoms with Crippen LogP contribution < -0.4 is 19.0 Å². The zero-order chi connectivity index (χ0) is 25.0. The van der Waals surface area contributed by atoms with Gasteiger partial charge in [0.25, 0.3) is 15.9 Å². The molecule has 0 saturated carbocycles. The molecule has 178 valence electrons. The number of methoxy groups -OCH3 is 2. The standard InChI is InChI=1S/C25H21N3O5S2/c1-4-14-28-20-15-21(32-2)22(33-3)16-23(20)34-25(28)26-24(29)17-10-12-18(13-11-17)27-35(30,31)19-8-6-5-7-9-19/h1,5-13,15-16,27H,14H2,2-3H3. The van der Waals surface area contributed by atoms with Gasteiger partial charge in [-0.05, 0) is 36.4 Å². The number of nitrogens with one attached hydrogen (secondary N) is 1. The molecule has 1 heterocycles. The Morgan fingerprint density at radius 2 is 1.71 bits per heavy atom. The smallest absolute Gasteiger partial charge is 0.279 e. The Bertz CT molecular complexity index is 1600.